The van der Waals surface area contributed by atoms with Gasteiger partial charge in [-0.1, -0.05) is 200 Å². The van der Waals surface area contributed by atoms with E-state index < -0.39 is 12.3 Å². The molecule has 3 nitrogen and oxygen atoms in total. The summed E-state index contributed by atoms with van der Waals surface area (Å²) in [7, 11) is 0. The Labute approximate surface area is 349 Å². The van der Waals surface area contributed by atoms with Crippen molar-refractivity contribution in [2.45, 2.75) is 12.3 Å². The van der Waals surface area contributed by atoms with Crippen LogP contribution in [0.25, 0.3) is 86.9 Å². The van der Waals surface area contributed by atoms with Gasteiger partial charge in [-0.2, -0.15) is 0 Å². The molecule has 0 spiro atoms. The standard InChI is InChI=1S/C57H41N3/c58-56(42-28-26-39(27-29-42)38-12-2-1-3-13-38)60-57(44-31-32-51-49-20-9-8-18-47(49)48-19-10-11-21-50(48)54(51)35-44)59-36-37-22-24-41(25-23-37)55-46-17-7-5-15-43(46)34-53-45-16-6-4-14-40(45)30-33-52(53)55/h1-36,56-57,60H,58H2/b59-36+. The molecule has 11 aromatic rings. The Kier molecular flexibility index (Phi) is 8.97. The fourth-order valence-electron chi connectivity index (χ4n) is 9.13. The molecule has 0 aliphatic carbocycles. The van der Waals surface area contributed by atoms with Crippen LogP contribution in [0.4, 0.5) is 0 Å². The summed E-state index contributed by atoms with van der Waals surface area (Å²) in [5, 5.41) is 18.6. The zero-order chi connectivity index (χ0) is 40.0. The van der Waals surface area contributed by atoms with Gasteiger partial charge in [-0.05, 0) is 116 Å². The fourth-order valence-corrected chi connectivity index (χ4v) is 9.13. The molecular formula is C57H41N3. The molecule has 2 atom stereocenters. The molecule has 3 heteroatoms. The predicted molar refractivity (Wildman–Crippen MR) is 256 cm³/mol. The zero-order valence-corrected chi connectivity index (χ0v) is 33.0. The van der Waals surface area contributed by atoms with Gasteiger partial charge in [-0.25, -0.2) is 0 Å². The molecule has 0 aliphatic rings. The molecule has 0 aromatic heterocycles. The highest BCUT2D eigenvalue weighted by Gasteiger charge is 2.18. The summed E-state index contributed by atoms with van der Waals surface area (Å²) in [6.45, 7) is 0. The van der Waals surface area contributed by atoms with Gasteiger partial charge in [0.05, 0.1) is 6.17 Å². The number of nitrogens with one attached hydrogen (secondary N) is 1. The molecule has 2 unspecified atom stereocenters. The van der Waals surface area contributed by atoms with E-state index in [0.29, 0.717) is 0 Å². The average Bonchev–Trinajstić information content (AvgIpc) is 3.32. The maximum absolute atomic E-state index is 6.99. The summed E-state index contributed by atoms with van der Waals surface area (Å²) in [6.07, 6.45) is 1.10. The highest BCUT2D eigenvalue weighted by Crippen LogP contribution is 2.40. The van der Waals surface area contributed by atoms with Crippen LogP contribution in [0.15, 0.2) is 217 Å². The van der Waals surface area contributed by atoms with E-state index in [2.05, 4.69) is 212 Å². The summed E-state index contributed by atoms with van der Waals surface area (Å²) in [5.41, 5.74) is 14.8. The van der Waals surface area contributed by atoms with Crippen molar-refractivity contribution >= 4 is 70.8 Å². The monoisotopic (exact) mass is 767 g/mol. The van der Waals surface area contributed by atoms with Gasteiger partial charge in [0.1, 0.15) is 6.17 Å². The third kappa shape index (κ3) is 6.38. The largest absolute Gasteiger partial charge is 0.312 e. The molecule has 0 amide bonds. The molecule has 60 heavy (non-hydrogen) atoms. The van der Waals surface area contributed by atoms with Gasteiger partial charge in [0.25, 0.3) is 0 Å². The Morgan fingerprint density at radius 1 is 0.367 bits per heavy atom. The van der Waals surface area contributed by atoms with E-state index >= 15 is 0 Å². The first-order valence-corrected chi connectivity index (χ1v) is 20.6. The van der Waals surface area contributed by atoms with Gasteiger partial charge in [0.15, 0.2) is 0 Å². The number of hydrogen-bond donors (Lipinski definition) is 2. The van der Waals surface area contributed by atoms with Crippen molar-refractivity contribution in [2.75, 3.05) is 0 Å². The quantitative estimate of drug-likeness (QED) is 0.0700. The molecule has 284 valence electrons. The van der Waals surface area contributed by atoms with Crippen molar-refractivity contribution in [3.05, 3.63) is 229 Å². The Bertz CT molecular complexity index is 3370. The smallest absolute Gasteiger partial charge is 0.127 e. The van der Waals surface area contributed by atoms with Gasteiger partial charge >= 0.3 is 0 Å². The second kappa shape index (κ2) is 15.1. The molecule has 0 saturated heterocycles. The van der Waals surface area contributed by atoms with Gasteiger partial charge in [-0.15, -0.1) is 0 Å². The molecule has 11 rings (SSSR count). The summed E-state index contributed by atoms with van der Waals surface area (Å²) in [6, 6.07) is 76.1. The minimum atomic E-state index is -0.459. The number of rotatable bonds is 8. The van der Waals surface area contributed by atoms with Crippen LogP contribution < -0.4 is 11.1 Å². The third-order valence-electron chi connectivity index (χ3n) is 12.1. The molecule has 0 fully saturated rings. The van der Waals surface area contributed by atoms with E-state index in [1.165, 1.54) is 81.3 Å². The molecule has 3 N–H and O–H groups in total. The lowest BCUT2D eigenvalue weighted by atomic mass is 9.89. The maximum atomic E-state index is 6.99. The summed E-state index contributed by atoms with van der Waals surface area (Å²) >= 11 is 0. The summed E-state index contributed by atoms with van der Waals surface area (Å²) in [4.78, 5) is 5.26. The number of nitrogens with two attached hydrogens (primary N) is 1. The first-order valence-electron chi connectivity index (χ1n) is 20.6. The minimum absolute atomic E-state index is 0.418. The van der Waals surface area contributed by atoms with E-state index in [0.717, 1.165) is 22.3 Å². The lowest BCUT2D eigenvalue weighted by molar-refractivity contribution is 0.467. The van der Waals surface area contributed by atoms with Crippen molar-refractivity contribution in [2.24, 2.45) is 10.7 Å². The SMILES string of the molecule is NC(NC(/N=C/c1ccc(-c2c3ccccc3cc3c2ccc2ccccc23)cc1)c1ccc2c3ccccc3c3ccccc3c2c1)c1ccc(-c2ccccc2)cc1. The van der Waals surface area contributed by atoms with Crippen molar-refractivity contribution in [3.8, 4) is 22.3 Å². The second-order valence-corrected chi connectivity index (χ2v) is 15.7. The van der Waals surface area contributed by atoms with Crippen molar-refractivity contribution < 1.29 is 0 Å². The molecular weight excluding hydrogens is 727 g/mol. The Balaban J connectivity index is 0.984. The van der Waals surface area contributed by atoms with Crippen LogP contribution in [0.2, 0.25) is 0 Å². The lowest BCUT2D eigenvalue weighted by Gasteiger charge is -2.22. The van der Waals surface area contributed by atoms with Crippen LogP contribution in [0, 0.1) is 0 Å². The van der Waals surface area contributed by atoms with Crippen LogP contribution in [0.3, 0.4) is 0 Å². The first-order chi connectivity index (χ1) is 29.7. The number of hydrogen-bond acceptors (Lipinski definition) is 3. The third-order valence-corrected chi connectivity index (χ3v) is 12.1. The van der Waals surface area contributed by atoms with Gasteiger partial charge < -0.3 is 5.73 Å². The predicted octanol–water partition coefficient (Wildman–Crippen LogP) is 14.3. The lowest BCUT2D eigenvalue weighted by Crippen LogP contribution is -2.31. The Hall–Kier alpha value is -7.43. The van der Waals surface area contributed by atoms with Gasteiger partial charge in [0, 0.05) is 6.21 Å². The highest BCUT2D eigenvalue weighted by atomic mass is 15.1. The van der Waals surface area contributed by atoms with Crippen LogP contribution in [-0.4, -0.2) is 6.21 Å². The van der Waals surface area contributed by atoms with Gasteiger partial charge in [0.2, 0.25) is 0 Å². The molecule has 0 bridgehead atoms. The van der Waals surface area contributed by atoms with Crippen molar-refractivity contribution in [3.63, 3.8) is 0 Å². The molecule has 11 aromatic carbocycles. The van der Waals surface area contributed by atoms with Crippen LogP contribution in [0.5, 0.6) is 0 Å². The van der Waals surface area contributed by atoms with E-state index in [4.69, 9.17) is 10.7 Å². The first kappa shape index (κ1) is 35.7. The van der Waals surface area contributed by atoms with E-state index in [-0.39, 0.29) is 0 Å². The topological polar surface area (TPSA) is 50.4 Å². The summed E-state index contributed by atoms with van der Waals surface area (Å²) < 4.78 is 0. The van der Waals surface area contributed by atoms with Crippen molar-refractivity contribution in [1.82, 2.24) is 5.32 Å². The van der Waals surface area contributed by atoms with Crippen LogP contribution >= 0.6 is 0 Å². The Morgan fingerprint density at radius 3 is 1.57 bits per heavy atom. The number of benzene rings is 11. The number of fused-ring (bicyclic) bond motifs is 10. The Morgan fingerprint density at radius 2 is 0.867 bits per heavy atom. The molecule has 0 aliphatic heterocycles. The molecule has 0 radical (unpaired) electrons. The number of nitrogens with zero attached hydrogens (tertiary/aromatic N) is 1. The second-order valence-electron chi connectivity index (χ2n) is 15.7. The van der Waals surface area contributed by atoms with Crippen LogP contribution in [-0.2, 0) is 0 Å². The van der Waals surface area contributed by atoms with E-state index in [1.807, 2.05) is 12.3 Å². The van der Waals surface area contributed by atoms with Gasteiger partial charge in [-0.3, -0.25) is 10.3 Å². The van der Waals surface area contributed by atoms with Crippen molar-refractivity contribution in [1.29, 1.82) is 0 Å². The molecule has 0 heterocycles. The summed E-state index contributed by atoms with van der Waals surface area (Å²) in [5.74, 6) is 0. The normalized spacial score (nSPS) is 12.9. The highest BCUT2D eigenvalue weighted by molar-refractivity contribution is 6.25. The number of aliphatic imine (C=N–C) groups is 1. The van der Waals surface area contributed by atoms with E-state index in [1.54, 1.807) is 0 Å². The minimum Gasteiger partial charge on any atom is -0.312 e. The maximum Gasteiger partial charge on any atom is 0.127 e. The van der Waals surface area contributed by atoms with E-state index in [9.17, 15) is 0 Å². The fraction of sp³-hybridized carbons (Fsp3) is 0.0351. The zero-order valence-electron chi connectivity index (χ0n) is 33.0. The average molecular weight is 768 g/mol. The molecule has 0 saturated carbocycles. The van der Waals surface area contributed by atoms with Crippen LogP contribution in [0.1, 0.15) is 29.0 Å².